The van der Waals surface area contributed by atoms with E-state index in [9.17, 15) is 4.79 Å². The van der Waals surface area contributed by atoms with Gasteiger partial charge in [0.2, 0.25) is 0 Å². The summed E-state index contributed by atoms with van der Waals surface area (Å²) in [5, 5.41) is 2.73. The lowest BCUT2D eigenvalue weighted by Gasteiger charge is -2.09. The zero-order valence-corrected chi connectivity index (χ0v) is 13.6. The van der Waals surface area contributed by atoms with Gasteiger partial charge in [0.15, 0.2) is 6.61 Å². The van der Waals surface area contributed by atoms with Crippen LogP contribution < -0.4 is 14.8 Å². The molecule has 0 bridgehead atoms. The van der Waals surface area contributed by atoms with Crippen molar-refractivity contribution in [2.75, 3.05) is 11.9 Å². The smallest absolute Gasteiger partial charge is 0.262 e. The van der Waals surface area contributed by atoms with E-state index in [0.29, 0.717) is 18.0 Å². The highest BCUT2D eigenvalue weighted by atomic mass is 16.5. The van der Waals surface area contributed by atoms with E-state index in [2.05, 4.69) is 10.3 Å². The maximum absolute atomic E-state index is 11.8. The summed E-state index contributed by atoms with van der Waals surface area (Å²) in [7, 11) is 0. The summed E-state index contributed by atoms with van der Waals surface area (Å²) in [6.45, 7) is 0.446. The van der Waals surface area contributed by atoms with Crippen LogP contribution in [0.25, 0.3) is 0 Å². The second-order valence-corrected chi connectivity index (χ2v) is 5.32. The number of benzene rings is 2. The number of carbonyl (C=O) groups is 1. The summed E-state index contributed by atoms with van der Waals surface area (Å²) in [4.78, 5) is 15.7. The second-order valence-electron chi connectivity index (χ2n) is 5.32. The minimum absolute atomic E-state index is 0.0630. The number of carbonyl (C=O) groups excluding carboxylic acids is 1. The van der Waals surface area contributed by atoms with Gasteiger partial charge in [0.25, 0.3) is 5.91 Å². The summed E-state index contributed by atoms with van der Waals surface area (Å²) < 4.78 is 11.2. The molecular formula is C20H18N2O3. The van der Waals surface area contributed by atoms with Gasteiger partial charge in [-0.15, -0.1) is 0 Å². The van der Waals surface area contributed by atoms with Crippen molar-refractivity contribution in [3.63, 3.8) is 0 Å². The Morgan fingerprint density at radius 2 is 1.48 bits per heavy atom. The topological polar surface area (TPSA) is 60.5 Å². The van der Waals surface area contributed by atoms with Crippen LogP contribution in [-0.4, -0.2) is 17.5 Å². The first-order chi connectivity index (χ1) is 12.3. The Kier molecular flexibility index (Phi) is 5.61. The Hall–Kier alpha value is -3.34. The summed E-state index contributed by atoms with van der Waals surface area (Å²) >= 11 is 0. The monoisotopic (exact) mass is 334 g/mol. The summed E-state index contributed by atoms with van der Waals surface area (Å²) in [6, 6.07) is 20.6. The number of amides is 1. The zero-order valence-electron chi connectivity index (χ0n) is 13.6. The van der Waals surface area contributed by atoms with Crippen LogP contribution >= 0.6 is 0 Å². The number of ether oxygens (including phenoxy) is 2. The number of nitrogens with zero attached hydrogens (tertiary/aromatic N) is 1. The molecule has 3 aromatic rings. The Bertz CT molecular complexity index is 790. The van der Waals surface area contributed by atoms with Crippen LogP contribution in [0.5, 0.6) is 11.5 Å². The minimum atomic E-state index is -0.226. The molecule has 0 aliphatic carbocycles. The minimum Gasteiger partial charge on any atom is -0.489 e. The van der Waals surface area contributed by atoms with Gasteiger partial charge in [-0.2, -0.15) is 0 Å². The van der Waals surface area contributed by atoms with Gasteiger partial charge >= 0.3 is 0 Å². The molecule has 0 aliphatic heterocycles. The molecule has 0 fully saturated rings. The van der Waals surface area contributed by atoms with Gasteiger partial charge in [0.05, 0.1) is 0 Å². The number of rotatable bonds is 7. The van der Waals surface area contributed by atoms with Crippen molar-refractivity contribution < 1.29 is 14.3 Å². The van der Waals surface area contributed by atoms with Crippen LogP contribution in [0, 0.1) is 0 Å². The van der Waals surface area contributed by atoms with Crippen LogP contribution in [-0.2, 0) is 11.4 Å². The average Bonchev–Trinajstić information content (AvgIpc) is 2.67. The third-order valence-corrected chi connectivity index (χ3v) is 3.41. The standard InChI is InChI=1S/C20H18N2O3/c23-20(22-17-10-12-21-13-11-17)15-25-19-8-6-18(7-9-19)24-14-16-4-2-1-3-5-16/h1-13H,14-15H2,(H,21,22,23). The van der Waals surface area contributed by atoms with Gasteiger partial charge in [-0.1, -0.05) is 30.3 Å². The molecule has 5 heteroatoms. The van der Waals surface area contributed by atoms with Crippen molar-refractivity contribution in [1.82, 2.24) is 4.98 Å². The zero-order chi connectivity index (χ0) is 17.3. The molecule has 0 unspecified atom stereocenters. The third kappa shape index (κ3) is 5.35. The molecule has 126 valence electrons. The Morgan fingerprint density at radius 1 is 0.840 bits per heavy atom. The van der Waals surface area contributed by atoms with E-state index in [0.717, 1.165) is 11.3 Å². The van der Waals surface area contributed by atoms with Crippen LogP contribution in [0.3, 0.4) is 0 Å². The van der Waals surface area contributed by atoms with Crippen molar-refractivity contribution in [2.24, 2.45) is 0 Å². The average molecular weight is 334 g/mol. The number of hydrogen-bond acceptors (Lipinski definition) is 4. The van der Waals surface area contributed by atoms with E-state index in [1.165, 1.54) is 0 Å². The first kappa shape index (κ1) is 16.5. The SMILES string of the molecule is O=C(COc1ccc(OCc2ccccc2)cc1)Nc1ccncc1. The number of hydrogen-bond donors (Lipinski definition) is 1. The Morgan fingerprint density at radius 3 is 2.16 bits per heavy atom. The number of anilines is 1. The molecule has 0 radical (unpaired) electrons. The van der Waals surface area contributed by atoms with Gasteiger partial charge in [-0.05, 0) is 42.0 Å². The van der Waals surface area contributed by atoms with Gasteiger partial charge in [0, 0.05) is 18.1 Å². The molecular weight excluding hydrogens is 316 g/mol. The molecule has 5 nitrogen and oxygen atoms in total. The molecule has 1 aromatic heterocycles. The van der Waals surface area contributed by atoms with E-state index in [1.54, 1.807) is 36.7 Å². The van der Waals surface area contributed by atoms with Crippen LogP contribution in [0.4, 0.5) is 5.69 Å². The van der Waals surface area contributed by atoms with Crippen LogP contribution in [0.1, 0.15) is 5.56 Å². The molecule has 0 atom stereocenters. The normalized spacial score (nSPS) is 10.1. The van der Waals surface area contributed by atoms with Crippen LogP contribution in [0.2, 0.25) is 0 Å². The first-order valence-corrected chi connectivity index (χ1v) is 7.89. The third-order valence-electron chi connectivity index (χ3n) is 3.41. The molecule has 3 rings (SSSR count). The highest BCUT2D eigenvalue weighted by molar-refractivity contribution is 5.91. The predicted octanol–water partition coefficient (Wildman–Crippen LogP) is 3.68. The van der Waals surface area contributed by atoms with Crippen LogP contribution in [0.15, 0.2) is 79.1 Å². The van der Waals surface area contributed by atoms with E-state index in [-0.39, 0.29) is 12.5 Å². The van der Waals surface area contributed by atoms with Crippen molar-refractivity contribution in [2.45, 2.75) is 6.61 Å². The number of pyridine rings is 1. The molecule has 1 heterocycles. The largest absolute Gasteiger partial charge is 0.489 e. The van der Waals surface area contributed by atoms with Crippen molar-refractivity contribution in [1.29, 1.82) is 0 Å². The first-order valence-electron chi connectivity index (χ1n) is 7.89. The molecule has 1 N–H and O–H groups in total. The van der Waals surface area contributed by atoms with Crippen molar-refractivity contribution in [3.05, 3.63) is 84.7 Å². The molecule has 25 heavy (non-hydrogen) atoms. The quantitative estimate of drug-likeness (QED) is 0.716. The predicted molar refractivity (Wildman–Crippen MR) is 95.6 cm³/mol. The maximum atomic E-state index is 11.8. The fourth-order valence-electron chi connectivity index (χ4n) is 2.15. The lowest BCUT2D eigenvalue weighted by molar-refractivity contribution is -0.118. The Labute approximate surface area is 146 Å². The van der Waals surface area contributed by atoms with Crippen molar-refractivity contribution in [3.8, 4) is 11.5 Å². The summed E-state index contributed by atoms with van der Waals surface area (Å²) in [6.07, 6.45) is 3.23. The van der Waals surface area contributed by atoms with E-state index in [4.69, 9.17) is 9.47 Å². The second kappa shape index (κ2) is 8.49. The number of aromatic nitrogens is 1. The summed E-state index contributed by atoms with van der Waals surface area (Å²) in [5.41, 5.74) is 1.80. The highest BCUT2D eigenvalue weighted by Crippen LogP contribution is 2.18. The van der Waals surface area contributed by atoms with Crippen molar-refractivity contribution >= 4 is 11.6 Å². The molecule has 0 aliphatic rings. The van der Waals surface area contributed by atoms with Gasteiger partial charge in [0.1, 0.15) is 18.1 Å². The maximum Gasteiger partial charge on any atom is 0.262 e. The lowest BCUT2D eigenvalue weighted by atomic mass is 10.2. The highest BCUT2D eigenvalue weighted by Gasteiger charge is 2.04. The Balaban J connectivity index is 1.45. The van der Waals surface area contributed by atoms with Gasteiger partial charge in [-0.3, -0.25) is 9.78 Å². The molecule has 1 amide bonds. The van der Waals surface area contributed by atoms with Gasteiger partial charge < -0.3 is 14.8 Å². The van der Waals surface area contributed by atoms with E-state index < -0.39 is 0 Å². The fourth-order valence-corrected chi connectivity index (χ4v) is 2.15. The molecule has 0 saturated heterocycles. The lowest BCUT2D eigenvalue weighted by Crippen LogP contribution is -2.20. The molecule has 2 aromatic carbocycles. The molecule has 0 saturated carbocycles. The van der Waals surface area contributed by atoms with Gasteiger partial charge in [-0.25, -0.2) is 0 Å². The van der Waals surface area contributed by atoms with E-state index >= 15 is 0 Å². The number of nitrogens with one attached hydrogen (secondary N) is 1. The fraction of sp³-hybridized carbons (Fsp3) is 0.100. The molecule has 0 spiro atoms. The summed E-state index contributed by atoms with van der Waals surface area (Å²) in [5.74, 6) is 1.13. The van der Waals surface area contributed by atoms with E-state index in [1.807, 2.05) is 42.5 Å².